The fourth-order valence-corrected chi connectivity index (χ4v) is 2.17. The predicted octanol–water partition coefficient (Wildman–Crippen LogP) is 2.50. The molecule has 1 aromatic rings. The monoisotopic (exact) mass is 245 g/mol. The van der Waals surface area contributed by atoms with Gasteiger partial charge in [0.2, 0.25) is 0 Å². The van der Waals surface area contributed by atoms with E-state index in [9.17, 15) is 4.79 Å². The number of carbonyl (C=O) groups is 1. The van der Waals surface area contributed by atoms with Crippen molar-refractivity contribution in [1.82, 2.24) is 0 Å². The third kappa shape index (κ3) is 2.58. The fourth-order valence-electron chi connectivity index (χ4n) is 1.24. The van der Waals surface area contributed by atoms with Crippen molar-refractivity contribution in [2.75, 3.05) is 19.1 Å². The van der Waals surface area contributed by atoms with Gasteiger partial charge in [0.15, 0.2) is 0 Å². The molecule has 15 heavy (non-hydrogen) atoms. The summed E-state index contributed by atoms with van der Waals surface area (Å²) in [6.45, 7) is 0. The number of nitrogens with two attached hydrogens (primary N) is 1. The number of methoxy groups -OCH3 is 1. The zero-order chi connectivity index (χ0) is 11.4. The highest BCUT2D eigenvalue weighted by Crippen LogP contribution is 2.35. The number of esters is 1. The van der Waals surface area contributed by atoms with Crippen LogP contribution in [0.25, 0.3) is 0 Å². The Labute approximate surface area is 97.9 Å². The smallest absolute Gasteiger partial charge is 0.323 e. The van der Waals surface area contributed by atoms with Crippen molar-refractivity contribution in [2.24, 2.45) is 0 Å². The van der Waals surface area contributed by atoms with E-state index in [0.717, 1.165) is 0 Å². The van der Waals surface area contributed by atoms with Gasteiger partial charge in [0.05, 0.1) is 17.8 Å². The maximum Gasteiger partial charge on any atom is 0.323 e. The number of carbonyl (C=O) groups excluding carboxylic acids is 1. The molecule has 0 amide bonds. The molecule has 82 valence electrons. The summed E-state index contributed by atoms with van der Waals surface area (Å²) >= 11 is 7.24. The van der Waals surface area contributed by atoms with Gasteiger partial charge in [-0.15, -0.1) is 11.8 Å². The second kappa shape index (κ2) is 5.28. The molecule has 0 aliphatic heterocycles. The van der Waals surface area contributed by atoms with E-state index in [-0.39, 0.29) is 5.97 Å². The lowest BCUT2D eigenvalue weighted by molar-refractivity contribution is -0.140. The van der Waals surface area contributed by atoms with E-state index in [1.165, 1.54) is 18.9 Å². The largest absolute Gasteiger partial charge is 0.468 e. The van der Waals surface area contributed by atoms with Crippen LogP contribution in [0.4, 0.5) is 5.69 Å². The lowest BCUT2D eigenvalue weighted by Gasteiger charge is -2.15. The SMILES string of the molecule is COC(=O)C(SC)c1cccc(Cl)c1N. The van der Waals surface area contributed by atoms with Crippen LogP contribution in [0.15, 0.2) is 18.2 Å². The van der Waals surface area contributed by atoms with E-state index >= 15 is 0 Å². The minimum absolute atomic E-state index is 0.323. The third-order valence-electron chi connectivity index (χ3n) is 2.02. The van der Waals surface area contributed by atoms with Gasteiger partial charge >= 0.3 is 5.97 Å². The highest BCUT2D eigenvalue weighted by Gasteiger charge is 2.22. The summed E-state index contributed by atoms with van der Waals surface area (Å²) in [7, 11) is 1.35. The fraction of sp³-hybridized carbons (Fsp3) is 0.300. The van der Waals surface area contributed by atoms with Crippen molar-refractivity contribution < 1.29 is 9.53 Å². The summed E-state index contributed by atoms with van der Waals surface area (Å²) in [6, 6.07) is 5.23. The summed E-state index contributed by atoms with van der Waals surface area (Å²) in [5, 5.41) is 0.0316. The lowest BCUT2D eigenvalue weighted by atomic mass is 10.1. The molecular weight excluding hydrogens is 234 g/mol. The number of hydrogen-bond donors (Lipinski definition) is 1. The molecule has 0 radical (unpaired) electrons. The van der Waals surface area contributed by atoms with Gasteiger partial charge in [-0.05, 0) is 12.3 Å². The first-order valence-electron chi connectivity index (χ1n) is 4.26. The Hall–Kier alpha value is -0.870. The molecule has 0 aliphatic carbocycles. The van der Waals surface area contributed by atoms with Crippen LogP contribution in [0.5, 0.6) is 0 Å². The maximum atomic E-state index is 11.5. The Balaban J connectivity index is 3.12. The van der Waals surface area contributed by atoms with Crippen LogP contribution in [0.3, 0.4) is 0 Å². The Kier molecular flexibility index (Phi) is 4.29. The van der Waals surface area contributed by atoms with E-state index < -0.39 is 5.25 Å². The minimum Gasteiger partial charge on any atom is -0.468 e. The molecule has 5 heteroatoms. The van der Waals surface area contributed by atoms with Gasteiger partial charge in [0, 0.05) is 5.56 Å². The first-order valence-corrected chi connectivity index (χ1v) is 5.93. The topological polar surface area (TPSA) is 52.3 Å². The number of hydrogen-bond acceptors (Lipinski definition) is 4. The van der Waals surface area contributed by atoms with Crippen LogP contribution in [0.1, 0.15) is 10.8 Å². The number of benzene rings is 1. The highest BCUT2D eigenvalue weighted by molar-refractivity contribution is 7.99. The Morgan fingerprint density at radius 3 is 2.80 bits per heavy atom. The van der Waals surface area contributed by atoms with Crippen molar-refractivity contribution in [2.45, 2.75) is 5.25 Å². The van der Waals surface area contributed by atoms with E-state index in [1.54, 1.807) is 18.2 Å². The number of halogens is 1. The zero-order valence-electron chi connectivity index (χ0n) is 8.49. The molecule has 0 fully saturated rings. The number of nitrogen functional groups attached to an aromatic ring is 1. The van der Waals surface area contributed by atoms with Crippen LogP contribution in [0.2, 0.25) is 5.02 Å². The minimum atomic E-state index is -0.423. The molecule has 0 aromatic heterocycles. The summed E-state index contributed by atoms with van der Waals surface area (Å²) < 4.78 is 4.69. The molecule has 0 spiro atoms. The summed E-state index contributed by atoms with van der Waals surface area (Å²) in [5.74, 6) is -0.323. The first kappa shape index (κ1) is 12.2. The molecule has 1 atom stereocenters. The molecule has 0 saturated heterocycles. The van der Waals surface area contributed by atoms with E-state index in [1.807, 2.05) is 6.26 Å². The third-order valence-corrected chi connectivity index (χ3v) is 3.27. The first-order chi connectivity index (χ1) is 7.11. The molecular formula is C10H12ClNO2S. The average Bonchev–Trinajstić information content (AvgIpc) is 2.24. The molecule has 0 bridgehead atoms. The lowest BCUT2D eigenvalue weighted by Crippen LogP contribution is -2.12. The van der Waals surface area contributed by atoms with Crippen molar-refractivity contribution >= 4 is 35.0 Å². The van der Waals surface area contributed by atoms with Gasteiger partial charge in [0.25, 0.3) is 0 Å². The van der Waals surface area contributed by atoms with Crippen LogP contribution >= 0.6 is 23.4 Å². The quantitative estimate of drug-likeness (QED) is 0.657. The standard InChI is InChI=1S/C10H12ClNO2S/c1-14-10(13)9(15-2)6-4-3-5-7(11)8(6)12/h3-5,9H,12H2,1-2H3. The molecule has 0 saturated carbocycles. The van der Waals surface area contributed by atoms with Gasteiger partial charge < -0.3 is 10.5 Å². The van der Waals surface area contributed by atoms with E-state index in [0.29, 0.717) is 16.3 Å². The number of anilines is 1. The summed E-state index contributed by atoms with van der Waals surface area (Å²) in [6.07, 6.45) is 1.82. The van der Waals surface area contributed by atoms with Gasteiger partial charge in [0.1, 0.15) is 5.25 Å². The van der Waals surface area contributed by atoms with Crippen molar-refractivity contribution in [3.05, 3.63) is 28.8 Å². The van der Waals surface area contributed by atoms with Gasteiger partial charge in [-0.3, -0.25) is 4.79 Å². The Morgan fingerprint density at radius 1 is 1.60 bits per heavy atom. The molecule has 3 nitrogen and oxygen atoms in total. The van der Waals surface area contributed by atoms with Crippen molar-refractivity contribution in [3.8, 4) is 0 Å². The van der Waals surface area contributed by atoms with Gasteiger partial charge in [-0.1, -0.05) is 23.7 Å². The van der Waals surface area contributed by atoms with Crippen molar-refractivity contribution in [1.29, 1.82) is 0 Å². The van der Waals surface area contributed by atoms with Crippen LogP contribution in [-0.2, 0) is 9.53 Å². The number of para-hydroxylation sites is 1. The second-order valence-electron chi connectivity index (χ2n) is 2.88. The molecule has 1 unspecified atom stereocenters. The summed E-state index contributed by atoms with van der Waals surface area (Å²) in [5.41, 5.74) is 6.93. The molecule has 0 aliphatic rings. The van der Waals surface area contributed by atoms with E-state index in [2.05, 4.69) is 0 Å². The van der Waals surface area contributed by atoms with Gasteiger partial charge in [-0.25, -0.2) is 0 Å². The van der Waals surface area contributed by atoms with Crippen molar-refractivity contribution in [3.63, 3.8) is 0 Å². The molecule has 2 N–H and O–H groups in total. The van der Waals surface area contributed by atoms with E-state index in [4.69, 9.17) is 22.1 Å². The Morgan fingerprint density at radius 2 is 2.27 bits per heavy atom. The molecule has 1 rings (SSSR count). The number of ether oxygens (including phenoxy) is 1. The maximum absolute atomic E-state index is 11.5. The number of thioether (sulfide) groups is 1. The van der Waals surface area contributed by atoms with Crippen LogP contribution < -0.4 is 5.73 Å². The molecule has 0 heterocycles. The van der Waals surface area contributed by atoms with Crippen LogP contribution in [-0.4, -0.2) is 19.3 Å². The van der Waals surface area contributed by atoms with Crippen LogP contribution in [0, 0.1) is 0 Å². The predicted molar refractivity (Wildman–Crippen MR) is 64.1 cm³/mol. The normalized spacial score (nSPS) is 12.2. The number of rotatable bonds is 3. The average molecular weight is 246 g/mol. The highest BCUT2D eigenvalue weighted by atomic mass is 35.5. The Bertz CT molecular complexity index is 370. The van der Waals surface area contributed by atoms with Gasteiger partial charge in [-0.2, -0.15) is 0 Å². The second-order valence-corrected chi connectivity index (χ2v) is 4.23. The zero-order valence-corrected chi connectivity index (χ0v) is 10.1. The molecule has 1 aromatic carbocycles. The summed E-state index contributed by atoms with van der Waals surface area (Å²) in [4.78, 5) is 11.5.